The predicted octanol–water partition coefficient (Wildman–Crippen LogP) is 3.62. The van der Waals surface area contributed by atoms with Gasteiger partial charge in [0, 0.05) is 31.2 Å². The van der Waals surface area contributed by atoms with E-state index in [1.807, 2.05) is 0 Å². The predicted molar refractivity (Wildman–Crippen MR) is 106 cm³/mol. The number of carbonyl (C=O) groups excluding carboxylic acids is 1. The third-order valence-electron chi connectivity index (χ3n) is 3.55. The Kier molecular flexibility index (Phi) is 12.3. The lowest BCUT2D eigenvalue weighted by molar-refractivity contribution is 0.0936. The van der Waals surface area contributed by atoms with Gasteiger partial charge in [0.15, 0.2) is 0 Å². The summed E-state index contributed by atoms with van der Waals surface area (Å²) < 4.78 is 5.20. The Balaban J connectivity index is 0. The van der Waals surface area contributed by atoms with E-state index in [0.717, 1.165) is 6.54 Å². The number of ether oxygens (including phenoxy) is 1. The number of carbonyl (C=O) groups is 1. The van der Waals surface area contributed by atoms with Gasteiger partial charge in [0.2, 0.25) is 0 Å². The lowest BCUT2D eigenvalue weighted by atomic mass is 10.1. The van der Waals surface area contributed by atoms with Crippen molar-refractivity contribution in [2.75, 3.05) is 25.9 Å². The molecule has 0 aliphatic carbocycles. The number of hydrogen-bond acceptors (Lipinski definition) is 4. The number of halogens is 3. The van der Waals surface area contributed by atoms with Crippen LogP contribution in [0, 0.1) is 0 Å². The van der Waals surface area contributed by atoms with Crippen LogP contribution in [-0.2, 0) is 0 Å². The summed E-state index contributed by atoms with van der Waals surface area (Å²) in [6.07, 6.45) is 0. The summed E-state index contributed by atoms with van der Waals surface area (Å²) in [5.74, 6) is 0.204. The van der Waals surface area contributed by atoms with Crippen molar-refractivity contribution in [3.8, 4) is 5.75 Å². The van der Waals surface area contributed by atoms with Gasteiger partial charge in [0.1, 0.15) is 5.75 Å². The summed E-state index contributed by atoms with van der Waals surface area (Å²) >= 11 is 5.99. The Morgan fingerprint density at radius 1 is 1.25 bits per heavy atom. The van der Waals surface area contributed by atoms with Crippen LogP contribution < -0.4 is 15.8 Å². The van der Waals surface area contributed by atoms with E-state index in [-0.39, 0.29) is 30.7 Å². The van der Waals surface area contributed by atoms with Crippen LogP contribution in [0.15, 0.2) is 12.1 Å². The van der Waals surface area contributed by atoms with Crippen molar-refractivity contribution in [1.82, 2.24) is 10.2 Å². The summed E-state index contributed by atoms with van der Waals surface area (Å²) in [6, 6.07) is 3.95. The van der Waals surface area contributed by atoms with Crippen molar-refractivity contribution < 1.29 is 9.53 Å². The summed E-state index contributed by atoms with van der Waals surface area (Å²) in [5, 5.41) is 3.24. The first kappa shape index (κ1) is 25.4. The smallest absolute Gasteiger partial charge is 0.255 e. The van der Waals surface area contributed by atoms with Crippen molar-refractivity contribution in [2.45, 2.75) is 39.8 Å². The van der Waals surface area contributed by atoms with E-state index in [2.05, 4.69) is 37.9 Å². The number of rotatable bonds is 7. The number of nitrogen functional groups attached to an aromatic ring is 1. The minimum atomic E-state index is -0.216. The quantitative estimate of drug-likeness (QED) is 0.686. The van der Waals surface area contributed by atoms with Gasteiger partial charge in [-0.3, -0.25) is 9.69 Å². The second-order valence-electron chi connectivity index (χ2n) is 5.76. The van der Waals surface area contributed by atoms with Crippen LogP contribution in [0.2, 0.25) is 5.02 Å². The second kappa shape index (κ2) is 11.6. The molecule has 0 saturated carbocycles. The maximum absolute atomic E-state index is 12.3. The normalized spacial score (nSPS) is 10.4. The van der Waals surface area contributed by atoms with Gasteiger partial charge in [-0.2, -0.15) is 0 Å². The van der Waals surface area contributed by atoms with Crippen LogP contribution >= 0.6 is 36.4 Å². The molecule has 1 aromatic rings. The first-order valence-electron chi connectivity index (χ1n) is 7.44. The fraction of sp³-hybridized carbons (Fsp3) is 0.562. The standard InChI is InChI=1S/C16H26ClN3O2.2ClH/c1-10(2)20(11(3)4)7-6-19-16(21)12-8-13(17)14(18)9-15(12)22-5;;/h8-11H,6-7,18H2,1-5H3,(H,19,21);2*1H. The van der Waals surface area contributed by atoms with E-state index in [9.17, 15) is 4.79 Å². The molecule has 1 amide bonds. The zero-order valence-corrected chi connectivity index (χ0v) is 17.1. The summed E-state index contributed by atoms with van der Waals surface area (Å²) in [5.41, 5.74) is 6.50. The molecule has 0 saturated heterocycles. The van der Waals surface area contributed by atoms with Crippen LogP contribution in [0.5, 0.6) is 5.75 Å². The maximum atomic E-state index is 12.3. The van der Waals surface area contributed by atoms with Gasteiger partial charge < -0.3 is 15.8 Å². The Bertz CT molecular complexity index is 518. The van der Waals surface area contributed by atoms with E-state index in [0.29, 0.717) is 40.7 Å². The Hall–Kier alpha value is -0.880. The molecule has 1 rings (SSSR count). The molecular formula is C16H28Cl3N3O2. The topological polar surface area (TPSA) is 67.6 Å². The molecular weight excluding hydrogens is 373 g/mol. The zero-order chi connectivity index (χ0) is 16.9. The molecule has 0 aromatic heterocycles. The van der Waals surface area contributed by atoms with Crippen LogP contribution in [0.3, 0.4) is 0 Å². The molecule has 0 aliphatic heterocycles. The van der Waals surface area contributed by atoms with Crippen molar-refractivity contribution in [3.63, 3.8) is 0 Å². The van der Waals surface area contributed by atoms with E-state index < -0.39 is 0 Å². The Labute approximate surface area is 162 Å². The fourth-order valence-electron chi connectivity index (χ4n) is 2.42. The van der Waals surface area contributed by atoms with Crippen LogP contribution in [0.25, 0.3) is 0 Å². The van der Waals surface area contributed by atoms with Gasteiger partial charge in [-0.05, 0) is 33.8 Å². The zero-order valence-electron chi connectivity index (χ0n) is 14.8. The summed E-state index contributed by atoms with van der Waals surface area (Å²) in [4.78, 5) is 14.6. The van der Waals surface area contributed by atoms with Gasteiger partial charge in [0.05, 0.1) is 23.4 Å². The summed E-state index contributed by atoms with van der Waals surface area (Å²) in [6.45, 7) is 9.91. The number of amides is 1. The molecule has 24 heavy (non-hydrogen) atoms. The fourth-order valence-corrected chi connectivity index (χ4v) is 2.59. The van der Waals surface area contributed by atoms with E-state index in [1.165, 1.54) is 13.2 Å². The van der Waals surface area contributed by atoms with E-state index in [4.69, 9.17) is 22.1 Å². The molecule has 3 N–H and O–H groups in total. The Morgan fingerprint density at radius 3 is 2.25 bits per heavy atom. The Morgan fingerprint density at radius 2 is 1.79 bits per heavy atom. The third-order valence-corrected chi connectivity index (χ3v) is 3.87. The van der Waals surface area contributed by atoms with Crippen molar-refractivity contribution in [3.05, 3.63) is 22.7 Å². The van der Waals surface area contributed by atoms with Gasteiger partial charge in [-0.15, -0.1) is 24.8 Å². The molecule has 1 aromatic carbocycles. The van der Waals surface area contributed by atoms with Gasteiger partial charge in [-0.1, -0.05) is 11.6 Å². The highest BCUT2D eigenvalue weighted by molar-refractivity contribution is 6.33. The SMILES string of the molecule is COc1cc(N)c(Cl)cc1C(=O)NCCN(C(C)C)C(C)C.Cl.Cl. The number of nitrogens with one attached hydrogen (secondary N) is 1. The van der Waals surface area contributed by atoms with Gasteiger partial charge in [0.25, 0.3) is 5.91 Å². The molecule has 0 bridgehead atoms. The molecule has 8 heteroatoms. The minimum absolute atomic E-state index is 0. The second-order valence-corrected chi connectivity index (χ2v) is 6.16. The number of nitrogens with zero attached hydrogens (tertiary/aromatic N) is 1. The van der Waals surface area contributed by atoms with Crippen LogP contribution in [0.1, 0.15) is 38.1 Å². The number of nitrogens with two attached hydrogens (primary N) is 1. The summed E-state index contributed by atoms with van der Waals surface area (Å²) in [7, 11) is 1.50. The highest BCUT2D eigenvalue weighted by Gasteiger charge is 2.16. The largest absolute Gasteiger partial charge is 0.496 e. The van der Waals surface area contributed by atoms with Crippen molar-refractivity contribution in [1.29, 1.82) is 0 Å². The molecule has 5 nitrogen and oxygen atoms in total. The number of anilines is 1. The van der Waals surface area contributed by atoms with Crippen molar-refractivity contribution in [2.24, 2.45) is 0 Å². The molecule has 0 spiro atoms. The molecule has 0 aliphatic rings. The average molecular weight is 401 g/mol. The van der Waals surface area contributed by atoms with Gasteiger partial charge >= 0.3 is 0 Å². The minimum Gasteiger partial charge on any atom is -0.496 e. The van der Waals surface area contributed by atoms with E-state index >= 15 is 0 Å². The van der Waals surface area contributed by atoms with Crippen LogP contribution in [0.4, 0.5) is 5.69 Å². The molecule has 0 unspecified atom stereocenters. The number of benzene rings is 1. The van der Waals surface area contributed by atoms with E-state index in [1.54, 1.807) is 6.07 Å². The molecule has 0 radical (unpaired) electrons. The first-order valence-corrected chi connectivity index (χ1v) is 7.82. The number of hydrogen-bond donors (Lipinski definition) is 2. The highest BCUT2D eigenvalue weighted by atomic mass is 35.5. The molecule has 140 valence electrons. The maximum Gasteiger partial charge on any atom is 0.255 e. The van der Waals surface area contributed by atoms with Crippen molar-refractivity contribution >= 4 is 48.0 Å². The molecule has 0 fully saturated rings. The lowest BCUT2D eigenvalue weighted by Gasteiger charge is -2.30. The molecule has 0 heterocycles. The average Bonchev–Trinajstić information content (AvgIpc) is 2.44. The van der Waals surface area contributed by atoms with Crippen LogP contribution in [-0.4, -0.2) is 43.1 Å². The molecule has 0 atom stereocenters. The lowest BCUT2D eigenvalue weighted by Crippen LogP contribution is -2.42. The first-order chi connectivity index (χ1) is 10.3. The van der Waals surface area contributed by atoms with Gasteiger partial charge in [-0.25, -0.2) is 0 Å². The highest BCUT2D eigenvalue weighted by Crippen LogP contribution is 2.28. The number of methoxy groups -OCH3 is 1. The third kappa shape index (κ3) is 6.93. The monoisotopic (exact) mass is 399 g/mol.